The van der Waals surface area contributed by atoms with Crippen LogP contribution in [0.15, 0.2) is 23.6 Å². The normalized spacial score (nSPS) is 10.7. The molecular formula is C14H15ClN2O3S. The molecule has 1 aromatic carbocycles. The van der Waals surface area contributed by atoms with E-state index >= 15 is 0 Å². The number of anilines is 2. The summed E-state index contributed by atoms with van der Waals surface area (Å²) in [6.07, 6.45) is 0. The van der Waals surface area contributed by atoms with Gasteiger partial charge in [0, 0.05) is 10.4 Å². The third kappa shape index (κ3) is 4.34. The first-order chi connectivity index (χ1) is 9.95. The van der Waals surface area contributed by atoms with Crippen molar-refractivity contribution in [2.24, 2.45) is 5.92 Å². The number of nitrogens with one attached hydrogen (secondary N) is 1. The molecule has 1 aromatic heterocycles. The molecule has 2 N–H and O–H groups in total. The van der Waals surface area contributed by atoms with E-state index < -0.39 is 5.97 Å². The van der Waals surface area contributed by atoms with Crippen molar-refractivity contribution in [1.82, 2.24) is 4.98 Å². The summed E-state index contributed by atoms with van der Waals surface area (Å²) in [6.45, 7) is 4.69. The van der Waals surface area contributed by atoms with Crippen LogP contribution in [0, 0.1) is 5.92 Å². The van der Waals surface area contributed by atoms with E-state index in [-0.39, 0.29) is 5.69 Å². The van der Waals surface area contributed by atoms with Gasteiger partial charge in [0.25, 0.3) is 0 Å². The maximum atomic E-state index is 10.8. The molecule has 0 aliphatic heterocycles. The van der Waals surface area contributed by atoms with Crippen LogP contribution in [0.3, 0.4) is 0 Å². The lowest BCUT2D eigenvalue weighted by Gasteiger charge is -2.13. The van der Waals surface area contributed by atoms with Gasteiger partial charge in [-0.2, -0.15) is 0 Å². The second-order valence-electron chi connectivity index (χ2n) is 4.81. The molecule has 0 aliphatic carbocycles. The Kier molecular flexibility index (Phi) is 5.03. The van der Waals surface area contributed by atoms with Gasteiger partial charge >= 0.3 is 5.97 Å². The van der Waals surface area contributed by atoms with Crippen LogP contribution in [0.5, 0.6) is 5.75 Å². The highest BCUT2D eigenvalue weighted by Crippen LogP contribution is 2.32. The molecule has 112 valence electrons. The Labute approximate surface area is 131 Å². The van der Waals surface area contributed by atoms with Gasteiger partial charge in [0.05, 0.1) is 12.3 Å². The van der Waals surface area contributed by atoms with Crippen LogP contribution in [-0.4, -0.2) is 22.7 Å². The zero-order valence-corrected chi connectivity index (χ0v) is 13.2. The number of hydrogen-bond acceptors (Lipinski definition) is 5. The summed E-state index contributed by atoms with van der Waals surface area (Å²) in [5, 5.41) is 14.4. The van der Waals surface area contributed by atoms with Crippen molar-refractivity contribution in [3.05, 3.63) is 34.3 Å². The molecule has 0 unspecified atom stereocenters. The number of aromatic nitrogens is 1. The molecule has 0 saturated carbocycles. The van der Waals surface area contributed by atoms with E-state index in [1.54, 1.807) is 18.2 Å². The number of carboxylic acid groups (broad SMARTS) is 1. The summed E-state index contributed by atoms with van der Waals surface area (Å²) < 4.78 is 5.72. The summed E-state index contributed by atoms with van der Waals surface area (Å²) >= 11 is 7.20. The number of carbonyl (C=O) groups is 1. The quantitative estimate of drug-likeness (QED) is 0.829. The molecule has 0 fully saturated rings. The number of ether oxygens (including phenoxy) is 1. The summed E-state index contributed by atoms with van der Waals surface area (Å²) in [4.78, 5) is 14.8. The minimum atomic E-state index is -1.05. The maximum Gasteiger partial charge on any atom is 0.355 e. The number of carboxylic acids is 1. The second kappa shape index (κ2) is 6.78. The fourth-order valence-electron chi connectivity index (χ4n) is 1.53. The largest absolute Gasteiger partial charge is 0.491 e. The van der Waals surface area contributed by atoms with Crippen LogP contribution in [0.4, 0.5) is 10.8 Å². The lowest BCUT2D eigenvalue weighted by Crippen LogP contribution is -2.06. The highest BCUT2D eigenvalue weighted by Gasteiger charge is 2.11. The lowest BCUT2D eigenvalue weighted by molar-refractivity contribution is 0.0691. The lowest BCUT2D eigenvalue weighted by atomic mass is 10.2. The van der Waals surface area contributed by atoms with Gasteiger partial charge in [-0.15, -0.1) is 11.3 Å². The third-order valence-electron chi connectivity index (χ3n) is 2.48. The molecule has 0 bridgehead atoms. The predicted molar refractivity (Wildman–Crippen MR) is 84.1 cm³/mol. The predicted octanol–water partition coefficient (Wildman–Crippen LogP) is 4.27. The van der Waals surface area contributed by atoms with E-state index in [9.17, 15) is 4.79 Å². The van der Waals surface area contributed by atoms with Gasteiger partial charge in [0.2, 0.25) is 0 Å². The van der Waals surface area contributed by atoms with Crippen LogP contribution in [0.25, 0.3) is 0 Å². The molecule has 0 spiro atoms. The summed E-state index contributed by atoms with van der Waals surface area (Å²) in [5.74, 6) is -0.00569. The van der Waals surface area contributed by atoms with Gasteiger partial charge in [-0.1, -0.05) is 25.4 Å². The highest BCUT2D eigenvalue weighted by molar-refractivity contribution is 7.14. The van der Waals surface area contributed by atoms with E-state index in [1.165, 1.54) is 16.7 Å². The van der Waals surface area contributed by atoms with Crippen LogP contribution in [-0.2, 0) is 0 Å². The molecule has 5 nitrogen and oxygen atoms in total. The zero-order chi connectivity index (χ0) is 15.4. The van der Waals surface area contributed by atoms with Crippen molar-refractivity contribution in [2.45, 2.75) is 13.8 Å². The number of aromatic carboxylic acids is 1. The molecule has 0 amide bonds. The van der Waals surface area contributed by atoms with Gasteiger partial charge in [-0.25, -0.2) is 9.78 Å². The SMILES string of the molecule is CC(C)COc1ccc(Cl)cc1Nc1nc(C(=O)O)cs1. The molecule has 0 saturated heterocycles. The van der Waals surface area contributed by atoms with Crippen LogP contribution >= 0.6 is 22.9 Å². The van der Waals surface area contributed by atoms with Gasteiger partial charge in [-0.3, -0.25) is 0 Å². The van der Waals surface area contributed by atoms with Gasteiger partial charge in [0.15, 0.2) is 10.8 Å². The molecule has 0 atom stereocenters. The zero-order valence-electron chi connectivity index (χ0n) is 11.6. The van der Waals surface area contributed by atoms with Crippen molar-refractivity contribution in [1.29, 1.82) is 0 Å². The van der Waals surface area contributed by atoms with Crippen LogP contribution in [0.1, 0.15) is 24.3 Å². The molecule has 2 rings (SSSR count). The summed E-state index contributed by atoms with van der Waals surface area (Å²) in [5.41, 5.74) is 0.670. The Hall–Kier alpha value is -1.79. The van der Waals surface area contributed by atoms with Crippen molar-refractivity contribution in [2.75, 3.05) is 11.9 Å². The minimum absolute atomic E-state index is 0.00850. The van der Waals surface area contributed by atoms with Gasteiger partial charge in [0.1, 0.15) is 5.75 Å². The minimum Gasteiger partial charge on any atom is -0.491 e. The number of thiazole rings is 1. The molecule has 0 aliphatic rings. The van der Waals surface area contributed by atoms with E-state index in [0.29, 0.717) is 34.1 Å². The Morgan fingerprint density at radius 1 is 1.52 bits per heavy atom. The van der Waals surface area contributed by atoms with Crippen LogP contribution in [0.2, 0.25) is 5.02 Å². The molecule has 21 heavy (non-hydrogen) atoms. The molecule has 0 radical (unpaired) electrons. The van der Waals surface area contributed by atoms with Crippen molar-refractivity contribution < 1.29 is 14.6 Å². The van der Waals surface area contributed by atoms with Gasteiger partial charge in [-0.05, 0) is 24.1 Å². The number of rotatable bonds is 6. The smallest absolute Gasteiger partial charge is 0.355 e. The van der Waals surface area contributed by atoms with Gasteiger partial charge < -0.3 is 15.2 Å². The number of hydrogen-bond donors (Lipinski definition) is 2. The van der Waals surface area contributed by atoms with Crippen molar-refractivity contribution >= 4 is 39.7 Å². The van der Waals surface area contributed by atoms with Crippen molar-refractivity contribution in [3.63, 3.8) is 0 Å². The summed E-state index contributed by atoms with van der Waals surface area (Å²) in [6, 6.07) is 5.24. The molecule has 1 heterocycles. The Bertz CT molecular complexity index is 643. The first kappa shape index (κ1) is 15.6. The Morgan fingerprint density at radius 3 is 2.90 bits per heavy atom. The van der Waals surface area contributed by atoms with E-state index in [1.807, 2.05) is 0 Å². The van der Waals surface area contributed by atoms with Crippen molar-refractivity contribution in [3.8, 4) is 5.75 Å². The number of nitrogens with zero attached hydrogens (tertiary/aromatic N) is 1. The first-order valence-electron chi connectivity index (χ1n) is 6.34. The Morgan fingerprint density at radius 2 is 2.29 bits per heavy atom. The maximum absolute atomic E-state index is 10.8. The van der Waals surface area contributed by atoms with E-state index in [2.05, 4.69) is 24.1 Å². The number of halogens is 1. The fourth-order valence-corrected chi connectivity index (χ4v) is 2.40. The topological polar surface area (TPSA) is 71.5 Å². The highest BCUT2D eigenvalue weighted by atomic mass is 35.5. The number of benzene rings is 1. The average molecular weight is 327 g/mol. The van der Waals surface area contributed by atoms with E-state index in [0.717, 1.165) is 0 Å². The fraction of sp³-hybridized carbons (Fsp3) is 0.286. The molecule has 2 aromatic rings. The van der Waals surface area contributed by atoms with Crippen LogP contribution < -0.4 is 10.1 Å². The standard InChI is InChI=1S/C14H15ClN2O3S/c1-8(2)6-20-12-4-3-9(15)5-10(12)16-14-17-11(7-21-14)13(18)19/h3-5,7-8H,6H2,1-2H3,(H,16,17)(H,18,19). The average Bonchev–Trinajstić information content (AvgIpc) is 2.86. The molecule has 7 heteroatoms. The monoisotopic (exact) mass is 326 g/mol. The van der Waals surface area contributed by atoms with E-state index in [4.69, 9.17) is 21.4 Å². The summed E-state index contributed by atoms with van der Waals surface area (Å²) in [7, 11) is 0. The third-order valence-corrected chi connectivity index (χ3v) is 3.47. The molecular weight excluding hydrogens is 312 g/mol. The second-order valence-corrected chi connectivity index (χ2v) is 6.11. The Balaban J connectivity index is 2.20. The first-order valence-corrected chi connectivity index (χ1v) is 7.59.